The van der Waals surface area contributed by atoms with Crippen molar-refractivity contribution in [3.8, 4) is 5.75 Å². The van der Waals surface area contributed by atoms with Gasteiger partial charge in [0.05, 0.1) is 7.11 Å². The summed E-state index contributed by atoms with van der Waals surface area (Å²) in [6.45, 7) is 0.747. The molecule has 0 fully saturated rings. The number of hydrogen-bond acceptors (Lipinski definition) is 2. The number of unbranched alkanes of at least 4 members (excludes halogenated alkanes) is 3. The zero-order valence-corrected chi connectivity index (χ0v) is 9.84. The fourth-order valence-electron chi connectivity index (χ4n) is 1.67. The summed E-state index contributed by atoms with van der Waals surface area (Å²) in [5.74, 6) is 0.405. The maximum Gasteiger partial charge on any atom is 0.130 e. The molecule has 0 aliphatic carbocycles. The number of benzene rings is 1. The summed E-state index contributed by atoms with van der Waals surface area (Å²) in [4.78, 5) is 0. The van der Waals surface area contributed by atoms with Crippen molar-refractivity contribution in [1.82, 2.24) is 0 Å². The molecule has 0 radical (unpaired) electrons. The average molecular weight is 225 g/mol. The third kappa shape index (κ3) is 4.19. The monoisotopic (exact) mass is 225 g/mol. The van der Waals surface area contributed by atoms with Crippen LogP contribution >= 0.6 is 0 Å². The van der Waals surface area contributed by atoms with Crippen molar-refractivity contribution in [2.75, 3.05) is 13.7 Å². The molecule has 0 unspecified atom stereocenters. The molecule has 90 valence electrons. The van der Waals surface area contributed by atoms with E-state index in [4.69, 9.17) is 10.5 Å². The van der Waals surface area contributed by atoms with E-state index in [1.807, 2.05) is 0 Å². The van der Waals surface area contributed by atoms with Gasteiger partial charge in [0.25, 0.3) is 0 Å². The zero-order valence-electron chi connectivity index (χ0n) is 9.84. The van der Waals surface area contributed by atoms with Gasteiger partial charge in [-0.2, -0.15) is 0 Å². The van der Waals surface area contributed by atoms with Crippen LogP contribution in [0.5, 0.6) is 5.75 Å². The summed E-state index contributed by atoms with van der Waals surface area (Å²) < 4.78 is 18.5. The van der Waals surface area contributed by atoms with E-state index in [0.29, 0.717) is 5.75 Å². The second-order valence-electron chi connectivity index (χ2n) is 3.91. The Kier molecular flexibility index (Phi) is 5.86. The molecule has 0 amide bonds. The van der Waals surface area contributed by atoms with Crippen molar-refractivity contribution < 1.29 is 9.13 Å². The highest BCUT2D eigenvalue weighted by atomic mass is 19.1. The van der Waals surface area contributed by atoms with Crippen molar-refractivity contribution in [1.29, 1.82) is 0 Å². The van der Waals surface area contributed by atoms with Gasteiger partial charge in [0.15, 0.2) is 0 Å². The van der Waals surface area contributed by atoms with Crippen molar-refractivity contribution in [3.63, 3.8) is 0 Å². The van der Waals surface area contributed by atoms with Crippen LogP contribution in [-0.4, -0.2) is 13.7 Å². The van der Waals surface area contributed by atoms with Crippen LogP contribution in [0.3, 0.4) is 0 Å². The topological polar surface area (TPSA) is 35.2 Å². The second-order valence-corrected chi connectivity index (χ2v) is 3.91. The van der Waals surface area contributed by atoms with Crippen molar-refractivity contribution in [3.05, 3.63) is 29.6 Å². The quantitative estimate of drug-likeness (QED) is 0.724. The molecule has 2 N–H and O–H groups in total. The molecule has 0 spiro atoms. The molecule has 1 aromatic carbocycles. The van der Waals surface area contributed by atoms with Crippen LogP contribution in [0.1, 0.15) is 31.2 Å². The minimum Gasteiger partial charge on any atom is -0.497 e. The van der Waals surface area contributed by atoms with Crippen LogP contribution in [0.2, 0.25) is 0 Å². The van der Waals surface area contributed by atoms with Gasteiger partial charge in [-0.1, -0.05) is 18.9 Å². The van der Waals surface area contributed by atoms with Gasteiger partial charge in [-0.05, 0) is 37.4 Å². The zero-order chi connectivity index (χ0) is 11.8. The number of methoxy groups -OCH3 is 1. The number of rotatable bonds is 7. The van der Waals surface area contributed by atoms with Crippen LogP contribution in [0.25, 0.3) is 0 Å². The van der Waals surface area contributed by atoms with E-state index in [0.717, 1.165) is 44.2 Å². The van der Waals surface area contributed by atoms with Crippen molar-refractivity contribution in [2.24, 2.45) is 5.73 Å². The van der Waals surface area contributed by atoms with E-state index in [1.165, 1.54) is 6.07 Å². The standard InChI is InChI=1S/C13H20FNO/c1-16-12-8-7-11(13(14)10-12)6-4-2-3-5-9-15/h7-8,10H,2-6,9,15H2,1H3. The maximum atomic E-state index is 13.5. The van der Waals surface area contributed by atoms with Gasteiger partial charge in [0.1, 0.15) is 11.6 Å². The van der Waals surface area contributed by atoms with E-state index in [2.05, 4.69) is 0 Å². The van der Waals surface area contributed by atoms with E-state index >= 15 is 0 Å². The summed E-state index contributed by atoms with van der Waals surface area (Å²) >= 11 is 0. The summed E-state index contributed by atoms with van der Waals surface area (Å²) in [6, 6.07) is 5.05. The summed E-state index contributed by atoms with van der Waals surface area (Å²) in [5, 5.41) is 0. The first-order valence-corrected chi connectivity index (χ1v) is 5.80. The average Bonchev–Trinajstić information content (AvgIpc) is 2.30. The molecule has 16 heavy (non-hydrogen) atoms. The van der Waals surface area contributed by atoms with E-state index < -0.39 is 0 Å². The molecule has 1 rings (SSSR count). The Bertz CT molecular complexity index is 315. The highest BCUT2D eigenvalue weighted by molar-refractivity contribution is 5.28. The number of nitrogens with two attached hydrogens (primary N) is 1. The molecule has 0 aromatic heterocycles. The molecular weight excluding hydrogens is 205 g/mol. The third-order valence-electron chi connectivity index (χ3n) is 2.66. The predicted octanol–water partition coefficient (Wildman–Crippen LogP) is 2.90. The molecule has 0 aliphatic heterocycles. The van der Waals surface area contributed by atoms with Gasteiger partial charge in [0, 0.05) is 6.07 Å². The van der Waals surface area contributed by atoms with Gasteiger partial charge in [-0.15, -0.1) is 0 Å². The molecule has 1 aromatic rings. The largest absolute Gasteiger partial charge is 0.497 e. The van der Waals surface area contributed by atoms with E-state index in [9.17, 15) is 4.39 Å². The molecule has 2 nitrogen and oxygen atoms in total. The minimum absolute atomic E-state index is 0.168. The van der Waals surface area contributed by atoms with Crippen LogP contribution < -0.4 is 10.5 Å². The Morgan fingerprint density at radius 3 is 2.56 bits per heavy atom. The maximum absolute atomic E-state index is 13.5. The number of halogens is 1. The number of hydrogen-bond donors (Lipinski definition) is 1. The lowest BCUT2D eigenvalue weighted by molar-refractivity contribution is 0.410. The molecule has 0 aliphatic rings. The Labute approximate surface area is 96.6 Å². The first kappa shape index (κ1) is 13.0. The Morgan fingerprint density at radius 2 is 1.94 bits per heavy atom. The Hall–Kier alpha value is -1.09. The van der Waals surface area contributed by atoms with Crippen LogP contribution in [0, 0.1) is 5.82 Å². The Morgan fingerprint density at radius 1 is 1.19 bits per heavy atom. The van der Waals surface area contributed by atoms with Gasteiger partial charge >= 0.3 is 0 Å². The summed E-state index contributed by atoms with van der Waals surface area (Å²) in [6.07, 6.45) is 5.12. The highest BCUT2D eigenvalue weighted by Gasteiger charge is 2.03. The minimum atomic E-state index is -0.168. The molecule has 0 bridgehead atoms. The van der Waals surface area contributed by atoms with Gasteiger partial charge in [-0.25, -0.2) is 4.39 Å². The van der Waals surface area contributed by atoms with Crippen LogP contribution in [-0.2, 0) is 6.42 Å². The fourth-order valence-corrected chi connectivity index (χ4v) is 1.67. The SMILES string of the molecule is COc1ccc(CCCCCCN)c(F)c1. The van der Waals surface area contributed by atoms with Gasteiger partial charge in [0.2, 0.25) is 0 Å². The molecule has 3 heteroatoms. The molecular formula is C13H20FNO. The first-order chi connectivity index (χ1) is 7.77. The molecule has 0 heterocycles. The molecule has 0 saturated carbocycles. The fraction of sp³-hybridized carbons (Fsp3) is 0.538. The smallest absolute Gasteiger partial charge is 0.130 e. The lowest BCUT2D eigenvalue weighted by Crippen LogP contribution is -1.98. The van der Waals surface area contributed by atoms with E-state index in [-0.39, 0.29) is 5.82 Å². The molecule has 0 saturated heterocycles. The lowest BCUT2D eigenvalue weighted by atomic mass is 10.1. The first-order valence-electron chi connectivity index (χ1n) is 5.80. The van der Waals surface area contributed by atoms with Crippen molar-refractivity contribution in [2.45, 2.75) is 32.1 Å². The number of ether oxygens (including phenoxy) is 1. The van der Waals surface area contributed by atoms with Gasteiger partial charge < -0.3 is 10.5 Å². The van der Waals surface area contributed by atoms with Crippen LogP contribution in [0.4, 0.5) is 4.39 Å². The molecule has 0 atom stereocenters. The van der Waals surface area contributed by atoms with Gasteiger partial charge in [-0.3, -0.25) is 0 Å². The predicted molar refractivity (Wildman–Crippen MR) is 64.2 cm³/mol. The van der Waals surface area contributed by atoms with Crippen LogP contribution in [0.15, 0.2) is 18.2 Å². The second kappa shape index (κ2) is 7.23. The Balaban J connectivity index is 2.36. The lowest BCUT2D eigenvalue weighted by Gasteiger charge is -2.05. The highest BCUT2D eigenvalue weighted by Crippen LogP contribution is 2.18. The van der Waals surface area contributed by atoms with E-state index in [1.54, 1.807) is 19.2 Å². The van der Waals surface area contributed by atoms with Crippen molar-refractivity contribution >= 4 is 0 Å². The third-order valence-corrected chi connectivity index (χ3v) is 2.66. The normalized spacial score (nSPS) is 10.4. The summed E-state index contributed by atoms with van der Waals surface area (Å²) in [5.41, 5.74) is 6.18. The number of aryl methyl sites for hydroxylation is 1. The summed E-state index contributed by atoms with van der Waals surface area (Å²) in [7, 11) is 1.54.